The highest BCUT2D eigenvalue weighted by atomic mass is 32.1. The number of amides is 1. The molecule has 0 saturated carbocycles. The highest BCUT2D eigenvalue weighted by molar-refractivity contribution is 7.80. The van der Waals surface area contributed by atoms with Crippen LogP contribution in [0.3, 0.4) is 0 Å². The Morgan fingerprint density at radius 3 is 2.37 bits per heavy atom. The monoisotopic (exact) mass is 278 g/mol. The van der Waals surface area contributed by atoms with Gasteiger partial charge >= 0.3 is 0 Å². The molecule has 0 fully saturated rings. The van der Waals surface area contributed by atoms with Crippen molar-refractivity contribution in [1.29, 1.82) is 0 Å². The standard InChI is InChI=1S/C15H22N2OS/c1-4-15(5-2,14(16)19)17-13(18)10-12-9-7-6-8-11(12)3/h6-9H,4-5,10H2,1-3H3,(H2,16,19)(H,17,18). The average molecular weight is 278 g/mol. The van der Waals surface area contributed by atoms with Crippen LogP contribution in [0, 0.1) is 6.92 Å². The third-order valence-electron chi connectivity index (χ3n) is 3.67. The molecule has 3 N–H and O–H groups in total. The van der Waals surface area contributed by atoms with E-state index in [0.29, 0.717) is 24.3 Å². The highest BCUT2D eigenvalue weighted by Gasteiger charge is 2.31. The zero-order chi connectivity index (χ0) is 14.5. The molecule has 0 radical (unpaired) electrons. The van der Waals surface area contributed by atoms with Crippen LogP contribution in [0.4, 0.5) is 0 Å². The van der Waals surface area contributed by atoms with E-state index in [1.165, 1.54) is 0 Å². The summed E-state index contributed by atoms with van der Waals surface area (Å²) < 4.78 is 0. The third-order valence-corrected chi connectivity index (χ3v) is 4.06. The maximum absolute atomic E-state index is 12.2. The molecule has 0 aliphatic rings. The molecule has 0 unspecified atom stereocenters. The lowest BCUT2D eigenvalue weighted by Gasteiger charge is -2.31. The topological polar surface area (TPSA) is 55.1 Å². The highest BCUT2D eigenvalue weighted by Crippen LogP contribution is 2.16. The zero-order valence-corrected chi connectivity index (χ0v) is 12.6. The van der Waals surface area contributed by atoms with Gasteiger partial charge in [0.05, 0.1) is 16.9 Å². The summed E-state index contributed by atoms with van der Waals surface area (Å²) in [4.78, 5) is 12.5. The van der Waals surface area contributed by atoms with Gasteiger partial charge in [-0.2, -0.15) is 0 Å². The van der Waals surface area contributed by atoms with Gasteiger partial charge in [-0.15, -0.1) is 0 Å². The molecule has 4 heteroatoms. The zero-order valence-electron chi connectivity index (χ0n) is 11.8. The van der Waals surface area contributed by atoms with Crippen LogP contribution in [0.25, 0.3) is 0 Å². The largest absolute Gasteiger partial charge is 0.391 e. The Bertz CT molecular complexity index is 467. The number of nitrogens with one attached hydrogen (secondary N) is 1. The van der Waals surface area contributed by atoms with E-state index in [1.807, 2.05) is 45.0 Å². The smallest absolute Gasteiger partial charge is 0.225 e. The first-order chi connectivity index (χ1) is 8.95. The van der Waals surface area contributed by atoms with Crippen LogP contribution in [0.1, 0.15) is 37.8 Å². The molecule has 0 heterocycles. The lowest BCUT2D eigenvalue weighted by molar-refractivity contribution is -0.121. The molecule has 19 heavy (non-hydrogen) atoms. The Morgan fingerprint density at radius 1 is 1.32 bits per heavy atom. The summed E-state index contributed by atoms with van der Waals surface area (Å²) in [6.45, 7) is 5.97. The first-order valence-corrected chi connectivity index (χ1v) is 7.01. The summed E-state index contributed by atoms with van der Waals surface area (Å²) in [7, 11) is 0. The molecule has 0 aromatic heterocycles. The summed E-state index contributed by atoms with van der Waals surface area (Å²) >= 11 is 5.10. The lowest BCUT2D eigenvalue weighted by atomic mass is 9.92. The Kier molecular flexibility index (Phi) is 5.48. The quantitative estimate of drug-likeness (QED) is 0.786. The third kappa shape index (κ3) is 3.77. The second-order valence-electron chi connectivity index (χ2n) is 4.80. The molecule has 0 aliphatic heterocycles. The number of carbonyl (C=O) groups excluding carboxylic acids is 1. The Hall–Kier alpha value is -1.42. The van der Waals surface area contributed by atoms with E-state index in [4.69, 9.17) is 18.0 Å². The second kappa shape index (κ2) is 6.66. The van der Waals surface area contributed by atoms with Gasteiger partial charge in [0.2, 0.25) is 5.91 Å². The fraction of sp³-hybridized carbons (Fsp3) is 0.467. The minimum absolute atomic E-state index is 0.0363. The van der Waals surface area contributed by atoms with Gasteiger partial charge in [-0.25, -0.2) is 0 Å². The number of aryl methyl sites for hydroxylation is 1. The fourth-order valence-electron chi connectivity index (χ4n) is 2.13. The average Bonchev–Trinajstić information content (AvgIpc) is 2.38. The number of hydrogen-bond donors (Lipinski definition) is 2. The van der Waals surface area contributed by atoms with Crippen LogP contribution < -0.4 is 11.1 Å². The van der Waals surface area contributed by atoms with Crippen LogP contribution in [0.15, 0.2) is 24.3 Å². The molecule has 1 aromatic carbocycles. The normalized spacial score (nSPS) is 11.1. The van der Waals surface area contributed by atoms with E-state index in [1.54, 1.807) is 0 Å². The first kappa shape index (κ1) is 15.6. The Labute approximate surface area is 120 Å². The van der Waals surface area contributed by atoms with E-state index in [0.717, 1.165) is 11.1 Å². The molecule has 104 valence electrons. The van der Waals surface area contributed by atoms with Crippen LogP contribution in [0.2, 0.25) is 0 Å². The van der Waals surface area contributed by atoms with E-state index in [2.05, 4.69) is 5.32 Å². The van der Waals surface area contributed by atoms with Crippen molar-refractivity contribution < 1.29 is 4.79 Å². The number of thiocarbonyl (C=S) groups is 1. The molecule has 1 aromatic rings. The van der Waals surface area contributed by atoms with Crippen molar-refractivity contribution in [3.8, 4) is 0 Å². The van der Waals surface area contributed by atoms with Crippen LogP contribution in [-0.2, 0) is 11.2 Å². The summed E-state index contributed by atoms with van der Waals surface area (Å²) in [5.41, 5.74) is 7.37. The summed E-state index contributed by atoms with van der Waals surface area (Å²) in [6, 6.07) is 7.88. The van der Waals surface area contributed by atoms with E-state index < -0.39 is 5.54 Å². The molecule has 0 saturated heterocycles. The van der Waals surface area contributed by atoms with Gasteiger partial charge in [0.15, 0.2) is 0 Å². The lowest BCUT2D eigenvalue weighted by Crippen LogP contribution is -2.56. The number of benzene rings is 1. The SMILES string of the molecule is CCC(CC)(NC(=O)Cc1ccccc1C)C(N)=S. The Morgan fingerprint density at radius 2 is 1.89 bits per heavy atom. The molecule has 0 bridgehead atoms. The van der Waals surface area contributed by atoms with Crippen LogP contribution in [-0.4, -0.2) is 16.4 Å². The molecule has 1 amide bonds. The molecular formula is C15H22N2OS. The van der Waals surface area contributed by atoms with Crippen molar-refractivity contribution in [3.05, 3.63) is 35.4 Å². The van der Waals surface area contributed by atoms with E-state index in [-0.39, 0.29) is 5.91 Å². The number of nitrogens with two attached hydrogens (primary N) is 1. The maximum Gasteiger partial charge on any atom is 0.225 e. The van der Waals surface area contributed by atoms with Crippen LogP contribution in [0.5, 0.6) is 0 Å². The molecular weight excluding hydrogens is 256 g/mol. The van der Waals surface area contributed by atoms with Gasteiger partial charge in [0, 0.05) is 0 Å². The van der Waals surface area contributed by atoms with Crippen molar-refractivity contribution in [2.75, 3.05) is 0 Å². The minimum Gasteiger partial charge on any atom is -0.391 e. The molecule has 0 aliphatic carbocycles. The summed E-state index contributed by atoms with van der Waals surface area (Å²) in [5, 5.41) is 3.00. The van der Waals surface area contributed by atoms with Gasteiger partial charge in [0.1, 0.15) is 0 Å². The van der Waals surface area contributed by atoms with Crippen molar-refractivity contribution in [2.45, 2.75) is 45.6 Å². The van der Waals surface area contributed by atoms with Gasteiger partial charge in [-0.3, -0.25) is 4.79 Å². The van der Waals surface area contributed by atoms with Gasteiger partial charge < -0.3 is 11.1 Å². The number of carbonyl (C=O) groups is 1. The summed E-state index contributed by atoms with van der Waals surface area (Å²) in [6.07, 6.45) is 1.77. The predicted molar refractivity (Wildman–Crippen MR) is 83.1 cm³/mol. The Balaban J connectivity index is 2.80. The number of rotatable bonds is 6. The molecule has 3 nitrogen and oxygen atoms in total. The van der Waals surface area contributed by atoms with Gasteiger partial charge in [-0.1, -0.05) is 50.3 Å². The van der Waals surface area contributed by atoms with Gasteiger partial charge in [-0.05, 0) is 30.9 Å². The van der Waals surface area contributed by atoms with Crippen molar-refractivity contribution in [3.63, 3.8) is 0 Å². The minimum atomic E-state index is -0.560. The molecule has 1 rings (SSSR count). The van der Waals surface area contributed by atoms with Crippen molar-refractivity contribution in [1.82, 2.24) is 5.32 Å². The van der Waals surface area contributed by atoms with E-state index in [9.17, 15) is 4.79 Å². The molecule has 0 atom stereocenters. The predicted octanol–water partition coefficient (Wildman–Crippen LogP) is 2.50. The van der Waals surface area contributed by atoms with Crippen LogP contribution >= 0.6 is 12.2 Å². The van der Waals surface area contributed by atoms with E-state index >= 15 is 0 Å². The fourth-order valence-corrected chi connectivity index (χ4v) is 2.47. The van der Waals surface area contributed by atoms with Crippen molar-refractivity contribution in [2.24, 2.45) is 5.73 Å². The van der Waals surface area contributed by atoms with Gasteiger partial charge in [0.25, 0.3) is 0 Å². The second-order valence-corrected chi connectivity index (χ2v) is 5.24. The summed E-state index contributed by atoms with van der Waals surface area (Å²) in [5.74, 6) is -0.0363. The van der Waals surface area contributed by atoms with Crippen molar-refractivity contribution >= 4 is 23.1 Å². The molecule has 0 spiro atoms. The maximum atomic E-state index is 12.2. The number of hydrogen-bond acceptors (Lipinski definition) is 2. The first-order valence-electron chi connectivity index (χ1n) is 6.60.